The molecule has 0 saturated heterocycles. The summed E-state index contributed by atoms with van der Waals surface area (Å²) < 4.78 is 58.0. The largest absolute Gasteiger partial charge is 0.279 e. The molecular formula is C18H34N4O4S2. The Kier molecular flexibility index (Phi) is 9.04. The van der Waals surface area contributed by atoms with Gasteiger partial charge in [-0.3, -0.25) is 0 Å². The van der Waals surface area contributed by atoms with Gasteiger partial charge in [0.15, 0.2) is 0 Å². The summed E-state index contributed by atoms with van der Waals surface area (Å²) in [6.07, 6.45) is 0. The molecule has 28 heavy (non-hydrogen) atoms. The fourth-order valence-corrected chi connectivity index (χ4v) is 4.98. The van der Waals surface area contributed by atoms with Gasteiger partial charge in [-0.05, 0) is 39.2 Å². The molecule has 0 aliphatic heterocycles. The van der Waals surface area contributed by atoms with E-state index in [1.54, 1.807) is 27.7 Å². The zero-order valence-corrected chi connectivity index (χ0v) is 19.4. The smallest absolute Gasteiger partial charge is 0.200 e. The van der Waals surface area contributed by atoms with Crippen LogP contribution >= 0.6 is 0 Å². The van der Waals surface area contributed by atoms with Crippen molar-refractivity contribution in [3.05, 3.63) is 35.9 Å². The first-order valence-corrected chi connectivity index (χ1v) is 12.2. The molecular weight excluding hydrogens is 400 g/mol. The maximum atomic E-state index is 12.7. The summed E-state index contributed by atoms with van der Waals surface area (Å²) in [6.45, 7) is 8.89. The molecule has 2 atom stereocenters. The third-order valence-electron chi connectivity index (χ3n) is 4.93. The van der Waals surface area contributed by atoms with Crippen molar-refractivity contribution in [3.63, 3.8) is 0 Å². The van der Waals surface area contributed by atoms with E-state index in [1.807, 2.05) is 37.3 Å². The van der Waals surface area contributed by atoms with Crippen molar-refractivity contribution in [2.45, 2.75) is 58.7 Å². The lowest BCUT2D eigenvalue weighted by Gasteiger charge is -2.30. The molecule has 10 heteroatoms. The van der Waals surface area contributed by atoms with Crippen molar-refractivity contribution in [1.82, 2.24) is 18.1 Å². The topological polar surface area (TPSA) is 98.8 Å². The summed E-state index contributed by atoms with van der Waals surface area (Å²) in [5.41, 5.74) is 0.916. The number of nitrogens with zero attached hydrogens (tertiary/aromatic N) is 2. The number of hydrogen-bond acceptors (Lipinski definition) is 4. The fraction of sp³-hybridized carbons (Fsp3) is 0.667. The first-order valence-electron chi connectivity index (χ1n) is 9.32. The number of hydrogen-bond donors (Lipinski definition) is 2. The fourth-order valence-electron chi connectivity index (χ4n) is 2.44. The minimum absolute atomic E-state index is 0.0688. The van der Waals surface area contributed by atoms with Crippen LogP contribution in [0.15, 0.2) is 30.3 Å². The van der Waals surface area contributed by atoms with E-state index < -0.39 is 26.5 Å². The molecule has 0 radical (unpaired) electrons. The van der Waals surface area contributed by atoms with Crippen molar-refractivity contribution in [2.75, 3.05) is 20.6 Å². The van der Waals surface area contributed by atoms with E-state index in [0.29, 0.717) is 0 Å². The van der Waals surface area contributed by atoms with Gasteiger partial charge in [-0.1, -0.05) is 37.3 Å². The molecule has 0 amide bonds. The monoisotopic (exact) mass is 434 g/mol. The lowest BCUT2D eigenvalue weighted by molar-refractivity contribution is 0.381. The van der Waals surface area contributed by atoms with Crippen molar-refractivity contribution in [1.29, 1.82) is 0 Å². The summed E-state index contributed by atoms with van der Waals surface area (Å²) in [7, 11) is -4.53. The Bertz CT molecular complexity index is 811. The summed E-state index contributed by atoms with van der Waals surface area (Å²) in [6, 6.07) is 8.30. The molecule has 0 aliphatic rings. The van der Waals surface area contributed by atoms with Gasteiger partial charge in [0.05, 0.1) is 0 Å². The standard InChI is InChI=1S/C18H34N4O4S2/c1-14(2)21(6)27(23,24)19-13-18(16(5)17-11-9-8-10-12-17)20-28(25,26)22(7)15(3)4/h8-12,14-16,18-20H,13H2,1-7H3/t16-,18+/m1/s1. The van der Waals surface area contributed by atoms with Crippen LogP contribution in [0.5, 0.6) is 0 Å². The van der Waals surface area contributed by atoms with Gasteiger partial charge in [0.1, 0.15) is 0 Å². The summed E-state index contributed by atoms with van der Waals surface area (Å²) in [5, 5.41) is 0. The first kappa shape index (κ1) is 25.0. The van der Waals surface area contributed by atoms with E-state index in [2.05, 4.69) is 9.44 Å². The highest BCUT2D eigenvalue weighted by Crippen LogP contribution is 2.20. The Morgan fingerprint density at radius 2 is 1.29 bits per heavy atom. The minimum Gasteiger partial charge on any atom is -0.200 e. The van der Waals surface area contributed by atoms with Crippen LogP contribution in [0.3, 0.4) is 0 Å². The third kappa shape index (κ3) is 6.78. The second-order valence-electron chi connectivity index (χ2n) is 7.50. The summed E-state index contributed by atoms with van der Waals surface area (Å²) in [5.74, 6) is -0.247. The van der Waals surface area contributed by atoms with Crippen LogP contribution in [0.2, 0.25) is 0 Å². The Labute approximate surface area is 170 Å². The Hall–Kier alpha value is -1.04. The predicted octanol–water partition coefficient (Wildman–Crippen LogP) is 1.51. The highest BCUT2D eigenvalue weighted by molar-refractivity contribution is 7.87. The Balaban J connectivity index is 3.12. The SMILES string of the molecule is CC(C)N(C)S(=O)(=O)NC[C@H](NS(=O)(=O)N(C)C(C)C)[C@H](C)c1ccccc1. The van der Waals surface area contributed by atoms with E-state index in [1.165, 1.54) is 22.7 Å². The molecule has 0 fully saturated rings. The number of benzene rings is 1. The van der Waals surface area contributed by atoms with E-state index >= 15 is 0 Å². The normalized spacial score (nSPS) is 15.5. The molecule has 1 aromatic rings. The molecule has 162 valence electrons. The van der Waals surface area contributed by atoms with E-state index in [9.17, 15) is 16.8 Å². The highest BCUT2D eigenvalue weighted by Gasteiger charge is 2.30. The molecule has 0 saturated carbocycles. The molecule has 0 aromatic heterocycles. The Morgan fingerprint density at radius 3 is 1.75 bits per heavy atom. The van der Waals surface area contributed by atoms with Crippen molar-refractivity contribution in [2.24, 2.45) is 0 Å². The first-order chi connectivity index (χ1) is 12.8. The van der Waals surface area contributed by atoms with E-state index in [-0.39, 0.29) is 24.5 Å². The number of rotatable bonds is 11. The van der Waals surface area contributed by atoms with Crippen molar-refractivity contribution in [3.8, 4) is 0 Å². The van der Waals surface area contributed by atoms with Gasteiger partial charge in [-0.2, -0.15) is 30.2 Å². The molecule has 0 bridgehead atoms. The Morgan fingerprint density at radius 1 is 0.821 bits per heavy atom. The lowest BCUT2D eigenvalue weighted by Crippen LogP contribution is -2.53. The van der Waals surface area contributed by atoms with Crippen LogP contribution < -0.4 is 9.44 Å². The number of nitrogens with one attached hydrogen (secondary N) is 2. The van der Waals surface area contributed by atoms with Crippen LogP contribution in [0, 0.1) is 0 Å². The molecule has 0 aliphatic carbocycles. The van der Waals surface area contributed by atoms with Gasteiger partial charge in [0, 0.05) is 38.8 Å². The van der Waals surface area contributed by atoms with Gasteiger partial charge in [0.25, 0.3) is 20.4 Å². The van der Waals surface area contributed by atoms with E-state index in [0.717, 1.165) is 5.56 Å². The molecule has 8 nitrogen and oxygen atoms in total. The molecule has 0 spiro atoms. The van der Waals surface area contributed by atoms with Crippen LogP contribution in [-0.4, -0.2) is 64.2 Å². The van der Waals surface area contributed by atoms with Crippen LogP contribution in [0.4, 0.5) is 0 Å². The quantitative estimate of drug-likeness (QED) is 0.551. The molecule has 2 N–H and O–H groups in total. The molecule has 0 unspecified atom stereocenters. The minimum atomic E-state index is -3.78. The maximum Gasteiger partial charge on any atom is 0.279 e. The average molecular weight is 435 g/mol. The summed E-state index contributed by atoms with van der Waals surface area (Å²) >= 11 is 0. The van der Waals surface area contributed by atoms with Gasteiger partial charge in [0.2, 0.25) is 0 Å². The van der Waals surface area contributed by atoms with Crippen molar-refractivity contribution < 1.29 is 16.8 Å². The van der Waals surface area contributed by atoms with Crippen LogP contribution in [-0.2, 0) is 20.4 Å². The van der Waals surface area contributed by atoms with Gasteiger partial charge >= 0.3 is 0 Å². The third-order valence-corrected chi connectivity index (χ3v) is 8.42. The zero-order chi connectivity index (χ0) is 21.7. The lowest BCUT2D eigenvalue weighted by atomic mass is 9.94. The maximum absolute atomic E-state index is 12.7. The second-order valence-corrected chi connectivity index (χ2v) is 11.1. The van der Waals surface area contributed by atoms with Gasteiger partial charge in [-0.25, -0.2) is 4.72 Å². The van der Waals surface area contributed by atoms with Gasteiger partial charge < -0.3 is 0 Å². The van der Waals surface area contributed by atoms with E-state index in [4.69, 9.17) is 0 Å². The van der Waals surface area contributed by atoms with Crippen LogP contribution in [0.25, 0.3) is 0 Å². The molecule has 1 rings (SSSR count). The van der Waals surface area contributed by atoms with Crippen LogP contribution in [0.1, 0.15) is 46.1 Å². The summed E-state index contributed by atoms with van der Waals surface area (Å²) in [4.78, 5) is 0. The average Bonchev–Trinajstić information content (AvgIpc) is 2.63. The second kappa shape index (κ2) is 10.1. The van der Waals surface area contributed by atoms with Crippen molar-refractivity contribution >= 4 is 20.4 Å². The van der Waals surface area contributed by atoms with Gasteiger partial charge in [-0.15, -0.1) is 0 Å². The molecule has 1 aromatic carbocycles. The zero-order valence-electron chi connectivity index (χ0n) is 17.7. The highest BCUT2D eigenvalue weighted by atomic mass is 32.2. The predicted molar refractivity (Wildman–Crippen MR) is 113 cm³/mol. The molecule has 0 heterocycles.